The number of halogens is 1. The molecule has 1 aliphatic heterocycles. The van der Waals surface area contributed by atoms with E-state index >= 15 is 0 Å². The number of phenolic OH excluding ortho intramolecular Hbond substituents is 1. The second-order valence-electron chi connectivity index (χ2n) is 6.60. The van der Waals surface area contributed by atoms with Crippen LogP contribution in [0.2, 0.25) is 0 Å². The highest BCUT2D eigenvalue weighted by Crippen LogP contribution is 2.38. The molecule has 0 bridgehead atoms. The molecule has 0 spiro atoms. The highest BCUT2D eigenvalue weighted by Gasteiger charge is 2.20. The molecule has 0 saturated heterocycles. The fourth-order valence-electron chi connectivity index (χ4n) is 3.52. The fourth-order valence-corrected chi connectivity index (χ4v) is 3.52. The van der Waals surface area contributed by atoms with Crippen LogP contribution in [0.3, 0.4) is 0 Å². The first-order chi connectivity index (χ1) is 13.5. The van der Waals surface area contributed by atoms with Crippen molar-refractivity contribution in [1.29, 1.82) is 0 Å². The largest absolute Gasteiger partial charge is 0.502 e. The van der Waals surface area contributed by atoms with Crippen molar-refractivity contribution < 1.29 is 19.0 Å². The number of hydrogen-bond donors (Lipinski definition) is 1. The van der Waals surface area contributed by atoms with E-state index in [4.69, 9.17) is 9.47 Å². The molecule has 2 aromatic carbocycles. The zero-order valence-corrected chi connectivity index (χ0v) is 15.5. The van der Waals surface area contributed by atoms with Crippen molar-refractivity contribution in [2.75, 3.05) is 14.2 Å². The number of fused-ring (bicyclic) bond motifs is 2. The van der Waals surface area contributed by atoms with E-state index in [9.17, 15) is 14.3 Å². The third-order valence-corrected chi connectivity index (χ3v) is 4.88. The second kappa shape index (κ2) is 6.99. The maximum Gasteiger partial charge on any atom is 0.261 e. The topological polar surface area (TPSA) is 73.6 Å². The fraction of sp³-hybridized carbons (Fsp3) is 0.238. The first-order valence-corrected chi connectivity index (χ1v) is 8.88. The summed E-state index contributed by atoms with van der Waals surface area (Å²) in [6, 6.07) is 7.38. The zero-order chi connectivity index (χ0) is 19.8. The Morgan fingerprint density at radius 3 is 2.57 bits per heavy atom. The van der Waals surface area contributed by atoms with Gasteiger partial charge in [0, 0.05) is 12.6 Å². The Morgan fingerprint density at radius 2 is 1.89 bits per heavy atom. The van der Waals surface area contributed by atoms with E-state index in [0.29, 0.717) is 23.3 Å². The molecule has 0 atom stereocenters. The highest BCUT2D eigenvalue weighted by molar-refractivity contribution is 5.84. The van der Waals surface area contributed by atoms with Gasteiger partial charge >= 0.3 is 0 Å². The third-order valence-electron chi connectivity index (χ3n) is 4.88. The summed E-state index contributed by atoms with van der Waals surface area (Å²) in [5.74, 6) is 0.590. The minimum absolute atomic E-state index is 0.0768. The summed E-state index contributed by atoms with van der Waals surface area (Å²) in [6.45, 7) is 0.564. The van der Waals surface area contributed by atoms with Gasteiger partial charge in [-0.2, -0.15) is 0 Å². The van der Waals surface area contributed by atoms with Crippen molar-refractivity contribution in [2.24, 2.45) is 0 Å². The number of allylic oxidation sites excluding steroid dienone is 1. The first-order valence-electron chi connectivity index (χ1n) is 8.88. The van der Waals surface area contributed by atoms with Crippen molar-refractivity contribution in [2.45, 2.75) is 19.4 Å². The average Bonchev–Trinajstić information content (AvgIpc) is 2.69. The molecule has 7 heteroatoms. The zero-order valence-electron chi connectivity index (χ0n) is 15.5. The summed E-state index contributed by atoms with van der Waals surface area (Å²) >= 11 is 0. The predicted molar refractivity (Wildman–Crippen MR) is 104 cm³/mol. The molecule has 4 rings (SSSR count). The van der Waals surface area contributed by atoms with Crippen molar-refractivity contribution in [3.63, 3.8) is 0 Å². The van der Waals surface area contributed by atoms with Crippen LogP contribution in [0.4, 0.5) is 4.39 Å². The van der Waals surface area contributed by atoms with Gasteiger partial charge in [0.15, 0.2) is 11.5 Å². The molecule has 0 amide bonds. The predicted octanol–water partition coefficient (Wildman–Crippen LogP) is 3.59. The first kappa shape index (κ1) is 18.0. The van der Waals surface area contributed by atoms with Gasteiger partial charge in [-0.1, -0.05) is 0 Å². The van der Waals surface area contributed by atoms with Gasteiger partial charge in [0.2, 0.25) is 5.75 Å². The number of nitrogens with zero attached hydrogens (tertiary/aromatic N) is 2. The summed E-state index contributed by atoms with van der Waals surface area (Å²) < 4.78 is 25.7. The molecular weight excluding hydrogens is 363 g/mol. The summed E-state index contributed by atoms with van der Waals surface area (Å²) in [4.78, 5) is 17.4. The third kappa shape index (κ3) is 2.98. The number of hydrogen-bond acceptors (Lipinski definition) is 5. The van der Waals surface area contributed by atoms with Gasteiger partial charge in [-0.15, -0.1) is 0 Å². The van der Waals surface area contributed by atoms with Gasteiger partial charge in [0.25, 0.3) is 5.56 Å². The van der Waals surface area contributed by atoms with E-state index in [2.05, 4.69) is 4.98 Å². The maximum absolute atomic E-state index is 13.6. The number of aromatic hydroxyl groups is 1. The van der Waals surface area contributed by atoms with Gasteiger partial charge in [0.05, 0.1) is 25.1 Å². The number of aromatic nitrogens is 2. The lowest BCUT2D eigenvalue weighted by Gasteiger charge is -2.21. The van der Waals surface area contributed by atoms with Gasteiger partial charge in [-0.3, -0.25) is 9.36 Å². The van der Waals surface area contributed by atoms with E-state index in [1.54, 1.807) is 16.7 Å². The lowest BCUT2D eigenvalue weighted by Crippen LogP contribution is -2.27. The van der Waals surface area contributed by atoms with E-state index in [1.165, 1.54) is 32.4 Å². The molecule has 1 aromatic heterocycles. The Hall–Kier alpha value is -3.35. The Balaban J connectivity index is 1.90. The molecule has 0 radical (unpaired) electrons. The summed E-state index contributed by atoms with van der Waals surface area (Å²) in [5, 5.41) is 10.5. The molecule has 0 fully saturated rings. The quantitative estimate of drug-likeness (QED) is 0.749. The monoisotopic (exact) mass is 382 g/mol. The Kier molecular flexibility index (Phi) is 4.50. The maximum atomic E-state index is 13.6. The number of ether oxygens (including phenoxy) is 2. The summed E-state index contributed by atoms with van der Waals surface area (Å²) in [6.07, 6.45) is 3.39. The minimum atomic E-state index is -0.432. The number of rotatable bonds is 3. The molecule has 0 unspecified atom stereocenters. The molecule has 1 aliphatic rings. The van der Waals surface area contributed by atoms with E-state index in [1.807, 2.05) is 6.08 Å². The van der Waals surface area contributed by atoms with Crippen LogP contribution in [-0.4, -0.2) is 28.9 Å². The van der Waals surface area contributed by atoms with Crippen LogP contribution in [0.5, 0.6) is 17.2 Å². The van der Waals surface area contributed by atoms with Crippen molar-refractivity contribution in [3.8, 4) is 17.2 Å². The molecule has 0 aliphatic carbocycles. The molecule has 1 N–H and O–H groups in total. The van der Waals surface area contributed by atoms with E-state index in [-0.39, 0.29) is 22.8 Å². The standard InChI is InChI=1S/C21H19FN2O4/c1-27-17-9-12(10-18(28-2)19(17)25)8-13-4-3-7-24-20(13)23-16-11-14(22)5-6-15(16)21(24)26/h5-6,8-11,25H,3-4,7H2,1-2H3/b13-8+. The smallest absolute Gasteiger partial charge is 0.261 e. The molecule has 144 valence electrons. The van der Waals surface area contributed by atoms with Crippen molar-refractivity contribution >= 4 is 22.6 Å². The minimum Gasteiger partial charge on any atom is -0.502 e. The van der Waals surface area contributed by atoms with Crippen LogP contribution in [0, 0.1) is 5.82 Å². The molecule has 28 heavy (non-hydrogen) atoms. The Labute approximate surface area is 160 Å². The molecule has 0 saturated carbocycles. The van der Waals surface area contributed by atoms with E-state index in [0.717, 1.165) is 24.0 Å². The lowest BCUT2D eigenvalue weighted by atomic mass is 10.0. The highest BCUT2D eigenvalue weighted by atomic mass is 19.1. The van der Waals surface area contributed by atoms with E-state index < -0.39 is 5.82 Å². The molecule has 3 aromatic rings. The molecule has 2 heterocycles. The van der Waals surface area contributed by atoms with Crippen LogP contribution in [0.1, 0.15) is 24.2 Å². The molecular formula is C21H19FN2O4. The van der Waals surface area contributed by atoms with Gasteiger partial charge in [-0.05, 0) is 54.3 Å². The second-order valence-corrected chi connectivity index (χ2v) is 6.60. The van der Waals surface area contributed by atoms with Crippen LogP contribution in [0.15, 0.2) is 35.1 Å². The number of phenols is 1. The number of methoxy groups -OCH3 is 2. The van der Waals surface area contributed by atoms with Gasteiger partial charge in [-0.25, -0.2) is 9.37 Å². The average molecular weight is 382 g/mol. The van der Waals surface area contributed by atoms with Crippen LogP contribution in [0.25, 0.3) is 22.6 Å². The lowest BCUT2D eigenvalue weighted by molar-refractivity contribution is 0.340. The summed E-state index contributed by atoms with van der Waals surface area (Å²) in [7, 11) is 2.92. The van der Waals surface area contributed by atoms with Gasteiger partial charge < -0.3 is 14.6 Å². The Bertz CT molecular complexity index is 1140. The van der Waals surface area contributed by atoms with Crippen molar-refractivity contribution in [3.05, 3.63) is 57.9 Å². The molecule has 6 nitrogen and oxygen atoms in total. The van der Waals surface area contributed by atoms with Crippen LogP contribution < -0.4 is 15.0 Å². The SMILES string of the molecule is COc1cc(/C=C2\CCCn3c2nc2cc(F)ccc2c3=O)cc(OC)c1O. The van der Waals surface area contributed by atoms with Crippen molar-refractivity contribution in [1.82, 2.24) is 9.55 Å². The van der Waals surface area contributed by atoms with Crippen LogP contribution in [-0.2, 0) is 6.54 Å². The normalized spacial score (nSPS) is 14.9. The number of benzene rings is 2. The Morgan fingerprint density at radius 1 is 1.18 bits per heavy atom. The van der Waals surface area contributed by atoms with Gasteiger partial charge in [0.1, 0.15) is 11.6 Å². The van der Waals surface area contributed by atoms with Crippen LogP contribution >= 0.6 is 0 Å². The summed E-state index contributed by atoms with van der Waals surface area (Å²) in [5.41, 5.74) is 1.75.